The van der Waals surface area contributed by atoms with Gasteiger partial charge >= 0.3 is 0 Å². The van der Waals surface area contributed by atoms with E-state index in [1.54, 1.807) is 24.3 Å². The number of nitrogens with zero attached hydrogens (tertiary/aromatic N) is 2. The van der Waals surface area contributed by atoms with Crippen molar-refractivity contribution in [3.05, 3.63) is 89.0 Å². The number of hydrogen-bond acceptors (Lipinski definition) is 7. The predicted molar refractivity (Wildman–Crippen MR) is 210 cm³/mol. The third-order valence-corrected chi connectivity index (χ3v) is 9.58. The Morgan fingerprint density at radius 2 is 1.31 bits per heavy atom. The Morgan fingerprint density at radius 3 is 2.00 bits per heavy atom. The summed E-state index contributed by atoms with van der Waals surface area (Å²) in [5, 5.41) is 23.3. The van der Waals surface area contributed by atoms with E-state index in [0.29, 0.717) is 31.3 Å². The van der Waals surface area contributed by atoms with Crippen LogP contribution in [0.5, 0.6) is 5.75 Å². The minimum atomic E-state index is -1.09. The van der Waals surface area contributed by atoms with E-state index in [0.717, 1.165) is 27.5 Å². The molecule has 4 rings (SSSR count). The summed E-state index contributed by atoms with van der Waals surface area (Å²) >= 11 is 0. The van der Waals surface area contributed by atoms with Crippen LogP contribution in [0.2, 0.25) is 0 Å². The summed E-state index contributed by atoms with van der Waals surface area (Å²) in [6.07, 6.45) is 1.75. The first-order valence-electron chi connectivity index (χ1n) is 18.0. The molecule has 3 aromatic carbocycles. The van der Waals surface area contributed by atoms with Gasteiger partial charge in [-0.25, -0.2) is 0 Å². The van der Waals surface area contributed by atoms with E-state index in [-0.39, 0.29) is 50.1 Å². The molecule has 0 unspecified atom stereocenters. The van der Waals surface area contributed by atoms with E-state index in [1.807, 2.05) is 56.3 Å². The first kappa shape index (κ1) is 40.6. The molecule has 15 nitrogen and oxygen atoms in total. The number of carbonyl (C=O) groups is 4. The maximum Gasteiger partial charge on any atom is 0.243 e. The van der Waals surface area contributed by atoms with Gasteiger partial charge in [-0.3, -0.25) is 29.2 Å². The Hall–Kier alpha value is -6.12. The van der Waals surface area contributed by atoms with Crippen molar-refractivity contribution in [1.82, 2.24) is 21.3 Å². The zero-order chi connectivity index (χ0) is 39.2. The highest BCUT2D eigenvalue weighted by atomic mass is 16.3. The average Bonchev–Trinajstić information content (AvgIpc) is 3.14. The lowest BCUT2D eigenvalue weighted by atomic mass is 9.86. The molecule has 0 spiro atoms. The minimum absolute atomic E-state index is 0.0691. The van der Waals surface area contributed by atoms with Crippen molar-refractivity contribution < 1.29 is 24.3 Å². The van der Waals surface area contributed by atoms with Crippen molar-refractivity contribution in [2.24, 2.45) is 38.8 Å². The maximum absolute atomic E-state index is 14.3. The quantitative estimate of drug-likeness (QED) is 0.0554. The molecule has 0 bridgehead atoms. The normalized spacial score (nSPS) is 21.4. The van der Waals surface area contributed by atoms with Crippen LogP contribution in [0.3, 0.4) is 0 Å². The number of benzene rings is 3. The molecule has 0 radical (unpaired) electrons. The summed E-state index contributed by atoms with van der Waals surface area (Å²) in [7, 11) is 0. The van der Waals surface area contributed by atoms with Gasteiger partial charge in [0.05, 0.1) is 18.5 Å². The molecule has 1 heterocycles. The van der Waals surface area contributed by atoms with Crippen molar-refractivity contribution in [1.29, 1.82) is 0 Å². The Labute approximate surface area is 315 Å². The third kappa shape index (κ3) is 12.0. The van der Waals surface area contributed by atoms with E-state index in [2.05, 4.69) is 31.3 Å². The van der Waals surface area contributed by atoms with Crippen LogP contribution in [0.15, 0.2) is 87.9 Å². The summed E-state index contributed by atoms with van der Waals surface area (Å²) in [6.45, 7) is 3.80. The summed E-state index contributed by atoms with van der Waals surface area (Å²) < 4.78 is 0. The van der Waals surface area contributed by atoms with Crippen molar-refractivity contribution in [3.8, 4) is 5.75 Å². The van der Waals surface area contributed by atoms with Crippen LogP contribution in [0.4, 0.5) is 0 Å². The number of nitrogens with two attached hydrogens (primary N) is 4. The smallest absolute Gasteiger partial charge is 0.243 e. The van der Waals surface area contributed by atoms with Gasteiger partial charge in [-0.1, -0.05) is 65.7 Å². The molecule has 0 saturated heterocycles. The number of aromatic hydroxyl groups is 1. The standard InChI is InChI=1S/C39H52N10O5/c1-23-24(2)32(20-25-14-16-28(50)17-15-25)47-34(51)22-46-36(53)33(21-27-10-5-9-26-8-3-4-11-30(26)27)49-37(54)31(13-7-19-45-39(42)43)48-35(52)29(23)12-6-18-44-38(40)41/h3-5,8-11,14-17,29,31-33,50H,6-7,12-13,18-22H2,1-2H3,(H,46,53)(H,47,51)(H,48,52)(H,49,54)(H4,40,41,44)(H4,42,43,45)/b24-23+/t29-,31-,32+,33-/m0/s1. The van der Waals surface area contributed by atoms with Gasteiger partial charge in [0.1, 0.15) is 17.8 Å². The van der Waals surface area contributed by atoms with Gasteiger partial charge in [0.25, 0.3) is 0 Å². The third-order valence-electron chi connectivity index (χ3n) is 9.58. The number of fused-ring (bicyclic) bond motifs is 1. The molecule has 0 aliphatic carbocycles. The molecule has 0 fully saturated rings. The number of hydrogen-bond donors (Lipinski definition) is 9. The molecular formula is C39H52N10O5. The number of amides is 4. The fraction of sp³-hybridized carbons (Fsp3) is 0.385. The fourth-order valence-corrected chi connectivity index (χ4v) is 6.53. The highest BCUT2D eigenvalue weighted by Crippen LogP contribution is 2.26. The number of phenols is 1. The SMILES string of the molecule is C/C1=C(/C)[C@@H](Cc2ccc(O)cc2)NC(=O)CNC(=O)[C@H](Cc2cccc3ccccc23)NC(=O)[C@H](CCCN=C(N)N)NC(=O)[C@H]1CCCN=C(N)N. The lowest BCUT2D eigenvalue weighted by molar-refractivity contribution is -0.133. The van der Waals surface area contributed by atoms with Crippen molar-refractivity contribution >= 4 is 46.3 Å². The van der Waals surface area contributed by atoms with Gasteiger partial charge < -0.3 is 49.3 Å². The van der Waals surface area contributed by atoms with Crippen LogP contribution in [-0.2, 0) is 32.0 Å². The van der Waals surface area contributed by atoms with Crippen molar-refractivity contribution in [2.75, 3.05) is 19.6 Å². The molecule has 15 heteroatoms. The van der Waals surface area contributed by atoms with E-state index >= 15 is 0 Å². The summed E-state index contributed by atoms with van der Waals surface area (Å²) in [4.78, 5) is 63.9. The van der Waals surface area contributed by atoms with Crippen molar-refractivity contribution in [3.63, 3.8) is 0 Å². The largest absolute Gasteiger partial charge is 0.508 e. The van der Waals surface area contributed by atoms with E-state index < -0.39 is 47.7 Å². The van der Waals surface area contributed by atoms with Crippen LogP contribution in [0.1, 0.15) is 50.7 Å². The number of guanidine groups is 2. The zero-order valence-corrected chi connectivity index (χ0v) is 30.8. The fourth-order valence-electron chi connectivity index (χ4n) is 6.53. The lowest BCUT2D eigenvalue weighted by Crippen LogP contribution is -2.55. The van der Waals surface area contributed by atoms with Gasteiger partial charge in [-0.05, 0) is 80.0 Å². The van der Waals surface area contributed by atoms with Gasteiger partial charge in [0.15, 0.2) is 11.9 Å². The molecule has 1 aliphatic rings. The summed E-state index contributed by atoms with van der Waals surface area (Å²) in [5.41, 5.74) is 25.2. The molecule has 4 atom stereocenters. The van der Waals surface area contributed by atoms with Crippen molar-refractivity contribution in [2.45, 2.75) is 70.5 Å². The molecule has 13 N–H and O–H groups in total. The predicted octanol–water partition coefficient (Wildman–Crippen LogP) is 0.975. The number of phenolic OH excluding ortho intramolecular Hbond substituents is 1. The number of nitrogens with one attached hydrogen (secondary N) is 4. The second-order valence-electron chi connectivity index (χ2n) is 13.5. The minimum Gasteiger partial charge on any atom is -0.508 e. The average molecular weight is 741 g/mol. The lowest BCUT2D eigenvalue weighted by Gasteiger charge is -2.27. The monoisotopic (exact) mass is 740 g/mol. The van der Waals surface area contributed by atoms with Gasteiger partial charge in [0.2, 0.25) is 23.6 Å². The molecule has 54 heavy (non-hydrogen) atoms. The second-order valence-corrected chi connectivity index (χ2v) is 13.5. The Bertz CT molecular complexity index is 1880. The van der Waals surface area contributed by atoms with E-state index in [4.69, 9.17) is 22.9 Å². The highest BCUT2D eigenvalue weighted by Gasteiger charge is 2.32. The molecule has 4 amide bonds. The molecule has 0 saturated carbocycles. The topological polar surface area (TPSA) is 265 Å². The first-order chi connectivity index (χ1) is 25.8. The molecule has 3 aromatic rings. The van der Waals surface area contributed by atoms with Gasteiger partial charge in [-0.2, -0.15) is 0 Å². The van der Waals surface area contributed by atoms with Gasteiger partial charge in [0, 0.05) is 19.5 Å². The van der Waals surface area contributed by atoms with Crippen LogP contribution in [0.25, 0.3) is 10.8 Å². The molecule has 0 aromatic heterocycles. The first-order valence-corrected chi connectivity index (χ1v) is 18.0. The molecular weight excluding hydrogens is 688 g/mol. The van der Waals surface area contributed by atoms with E-state index in [9.17, 15) is 24.3 Å². The highest BCUT2D eigenvalue weighted by molar-refractivity contribution is 5.95. The van der Waals surface area contributed by atoms with Crippen LogP contribution in [-0.4, -0.2) is 78.4 Å². The summed E-state index contributed by atoms with van der Waals surface area (Å²) in [5.74, 6) is -2.82. The number of carbonyl (C=O) groups excluding carboxylic acids is 4. The Kier molecular flexibility index (Phi) is 14.8. The zero-order valence-electron chi connectivity index (χ0n) is 30.8. The van der Waals surface area contributed by atoms with E-state index in [1.165, 1.54) is 0 Å². The number of rotatable bonds is 12. The molecule has 288 valence electrons. The number of aliphatic imine (C=N–C) groups is 2. The van der Waals surface area contributed by atoms with Crippen LogP contribution >= 0.6 is 0 Å². The second kappa shape index (κ2) is 19.6. The molecule has 1 aliphatic heterocycles. The Morgan fingerprint density at radius 1 is 0.685 bits per heavy atom. The summed E-state index contributed by atoms with van der Waals surface area (Å²) in [6, 6.07) is 17.3. The van der Waals surface area contributed by atoms with Crippen LogP contribution < -0.4 is 44.2 Å². The van der Waals surface area contributed by atoms with Gasteiger partial charge in [-0.15, -0.1) is 0 Å². The Balaban J connectivity index is 1.75. The van der Waals surface area contributed by atoms with Crippen LogP contribution in [0, 0.1) is 5.92 Å². The maximum atomic E-state index is 14.3.